The van der Waals surface area contributed by atoms with Gasteiger partial charge in [-0.1, -0.05) is 221 Å². The number of ether oxygens (including phenoxy) is 7. The molecule has 0 atom stereocenters. The number of aromatic nitrogens is 4. The van der Waals surface area contributed by atoms with Crippen molar-refractivity contribution in [3.05, 3.63) is 126 Å². The van der Waals surface area contributed by atoms with Gasteiger partial charge in [0.2, 0.25) is 0 Å². The van der Waals surface area contributed by atoms with E-state index in [1.54, 1.807) is 0 Å². The van der Waals surface area contributed by atoms with Crippen LogP contribution in [0.25, 0.3) is 90.9 Å². The highest BCUT2D eigenvalue weighted by Crippen LogP contribution is 2.43. The highest BCUT2D eigenvalue weighted by molar-refractivity contribution is 6.00. The Morgan fingerprint density at radius 3 is 0.712 bits per heavy atom. The molecule has 562 valence electrons. The Labute approximate surface area is 624 Å². The van der Waals surface area contributed by atoms with Crippen molar-refractivity contribution in [2.45, 2.75) is 260 Å². The molecule has 0 saturated heterocycles. The number of rotatable bonds is 53. The maximum Gasteiger partial charge on any atom is 0.123 e. The summed E-state index contributed by atoms with van der Waals surface area (Å²) in [6.45, 7) is 18.1. The Hall–Kier alpha value is -7.96. The van der Waals surface area contributed by atoms with Crippen molar-refractivity contribution >= 4 is 46.4 Å². The van der Waals surface area contributed by atoms with Crippen molar-refractivity contribution in [3.8, 4) is 84.8 Å². The molecule has 0 unspecified atom stereocenters. The van der Waals surface area contributed by atoms with Crippen LogP contribution in [-0.2, 0) is 0 Å². The minimum atomic E-state index is 0.302. The van der Waals surface area contributed by atoms with Crippen molar-refractivity contribution in [2.24, 2.45) is 0 Å². The molecule has 0 spiro atoms. The number of unbranched alkanes of at least 4 members (excludes halogenated alkanes) is 27. The summed E-state index contributed by atoms with van der Waals surface area (Å²) in [6.07, 6.45) is 46.8. The fraction of sp³-hybridized carbons (Fsp3) is 0.522. The molecule has 3 aromatic heterocycles. The van der Waals surface area contributed by atoms with Crippen LogP contribution in [0.4, 0.5) is 0 Å². The van der Waals surface area contributed by atoms with Crippen molar-refractivity contribution < 1.29 is 38.3 Å². The Bertz CT molecular complexity index is 3710. The number of hydrogen-bond donors (Lipinski definition) is 3. The number of aliphatic hydroxyl groups excluding tert-OH is 1. The molecule has 2 aliphatic rings. The lowest BCUT2D eigenvalue weighted by molar-refractivity contribution is 0.282. The van der Waals surface area contributed by atoms with Crippen LogP contribution in [0.5, 0.6) is 40.2 Å². The first-order chi connectivity index (χ1) is 51.3. The smallest absolute Gasteiger partial charge is 0.123 e. The van der Waals surface area contributed by atoms with Gasteiger partial charge in [-0.15, -0.1) is 0 Å². The second-order valence-corrected chi connectivity index (χ2v) is 28.7. The second-order valence-electron chi connectivity index (χ2n) is 28.7. The second kappa shape index (κ2) is 46.1. The molecule has 9 rings (SSSR count). The van der Waals surface area contributed by atoms with E-state index in [0.717, 1.165) is 271 Å². The lowest BCUT2D eigenvalue weighted by Crippen LogP contribution is -2.01. The Morgan fingerprint density at radius 1 is 0.240 bits per heavy atom. The average molecular weight is 1420 g/mol. The SMILES string of the molecule is CCCCCCOc1cc(OCCCCCC)cc(-c2c3nc(c(-c4cc(OCCCCCC)cc(OCCCCCC)c4)c4ccc([nH]4)c(-c4cc(OCCCCCC)cc(OCCCCCC)c4)c4nc(c(-c5ccc(OCCCCCCCCCCCCO)cc5)c5ccc2[nH]5)C=C4)C=C3)c1. The van der Waals surface area contributed by atoms with Gasteiger partial charge in [0.1, 0.15) is 40.2 Å². The van der Waals surface area contributed by atoms with Gasteiger partial charge in [0.05, 0.1) is 69.0 Å². The molecule has 0 radical (unpaired) electrons. The third kappa shape index (κ3) is 25.7. The minimum absolute atomic E-state index is 0.302. The third-order valence-electron chi connectivity index (χ3n) is 19.8. The summed E-state index contributed by atoms with van der Waals surface area (Å²) < 4.78 is 46.9. The number of benzene rings is 4. The van der Waals surface area contributed by atoms with Crippen LogP contribution in [0.15, 0.2) is 103 Å². The molecule has 2 aliphatic heterocycles. The maximum absolute atomic E-state index is 9.14. The molecule has 12 nitrogen and oxygen atoms in total. The van der Waals surface area contributed by atoms with Gasteiger partial charge in [-0.25, -0.2) is 9.97 Å². The largest absolute Gasteiger partial charge is 0.494 e. The number of fused-ring (bicyclic) bond motifs is 8. The van der Waals surface area contributed by atoms with Gasteiger partial charge in [0.25, 0.3) is 0 Å². The van der Waals surface area contributed by atoms with E-state index in [-0.39, 0.29) is 0 Å². The number of hydrogen-bond acceptors (Lipinski definition) is 10. The number of nitrogens with one attached hydrogen (secondary N) is 2. The first kappa shape index (κ1) is 80.1. The topological polar surface area (TPSA) is 142 Å². The highest BCUT2D eigenvalue weighted by Gasteiger charge is 2.23. The van der Waals surface area contributed by atoms with Crippen molar-refractivity contribution in [1.82, 2.24) is 19.9 Å². The Balaban J connectivity index is 1.28. The van der Waals surface area contributed by atoms with E-state index >= 15 is 0 Å². The summed E-state index contributed by atoms with van der Waals surface area (Å²) in [6, 6.07) is 36.6. The van der Waals surface area contributed by atoms with E-state index in [0.29, 0.717) is 52.9 Å². The van der Waals surface area contributed by atoms with Crippen LogP contribution in [0.3, 0.4) is 0 Å². The van der Waals surface area contributed by atoms with Crippen LogP contribution >= 0.6 is 0 Å². The van der Waals surface area contributed by atoms with Gasteiger partial charge in [-0.05, 0) is 171 Å². The van der Waals surface area contributed by atoms with Crippen LogP contribution in [0.1, 0.15) is 283 Å². The summed E-state index contributed by atoms with van der Waals surface area (Å²) >= 11 is 0. The first-order valence-corrected chi connectivity index (χ1v) is 41.1. The van der Waals surface area contributed by atoms with E-state index in [1.165, 1.54) is 77.0 Å². The molecule has 0 amide bonds. The number of H-pyrrole nitrogens is 2. The predicted octanol–water partition coefficient (Wildman–Crippen LogP) is 26.4. The molecule has 5 heterocycles. The van der Waals surface area contributed by atoms with Gasteiger partial charge in [0.15, 0.2) is 0 Å². The summed E-state index contributed by atoms with van der Waals surface area (Å²) in [5, 5.41) is 9.14. The molecule has 4 aromatic carbocycles. The first-order valence-electron chi connectivity index (χ1n) is 41.1. The maximum atomic E-state index is 9.14. The fourth-order valence-electron chi connectivity index (χ4n) is 13.9. The molecule has 12 heteroatoms. The van der Waals surface area contributed by atoms with Crippen LogP contribution in [-0.4, -0.2) is 77.9 Å². The molecule has 0 aliphatic carbocycles. The molecule has 3 N–H and O–H groups in total. The summed E-state index contributed by atoms with van der Waals surface area (Å²) in [4.78, 5) is 19.7. The molecule has 8 bridgehead atoms. The third-order valence-corrected chi connectivity index (χ3v) is 19.8. The van der Waals surface area contributed by atoms with Crippen molar-refractivity contribution in [2.75, 3.05) is 52.9 Å². The van der Waals surface area contributed by atoms with E-state index < -0.39 is 0 Å². The fourth-order valence-corrected chi connectivity index (χ4v) is 13.9. The zero-order valence-electron chi connectivity index (χ0n) is 64.5. The summed E-state index contributed by atoms with van der Waals surface area (Å²) in [7, 11) is 0. The predicted molar refractivity (Wildman–Crippen MR) is 437 cm³/mol. The molecule has 7 aromatic rings. The minimum Gasteiger partial charge on any atom is -0.494 e. The molecular weight excluding hydrogens is 1290 g/mol. The van der Waals surface area contributed by atoms with Gasteiger partial charge >= 0.3 is 0 Å². The van der Waals surface area contributed by atoms with Crippen LogP contribution in [0.2, 0.25) is 0 Å². The molecule has 0 fully saturated rings. The lowest BCUT2D eigenvalue weighted by atomic mass is 10.0. The van der Waals surface area contributed by atoms with Crippen LogP contribution < -0.4 is 33.2 Å². The zero-order chi connectivity index (χ0) is 72.6. The van der Waals surface area contributed by atoms with Crippen molar-refractivity contribution in [1.29, 1.82) is 0 Å². The van der Waals surface area contributed by atoms with Gasteiger partial charge in [-0.2, -0.15) is 0 Å². The lowest BCUT2D eigenvalue weighted by Gasteiger charge is -2.14. The number of nitrogens with zero attached hydrogens (tertiary/aromatic N) is 2. The average Bonchev–Trinajstić information content (AvgIpc) is 1.59. The number of aliphatic hydroxyl groups is 1. The molecule has 0 saturated carbocycles. The molecular formula is C92H126N4O8. The number of aromatic amines is 2. The van der Waals surface area contributed by atoms with Crippen molar-refractivity contribution in [3.63, 3.8) is 0 Å². The van der Waals surface area contributed by atoms with E-state index in [9.17, 15) is 0 Å². The molecule has 104 heavy (non-hydrogen) atoms. The van der Waals surface area contributed by atoms with Gasteiger partial charge in [0, 0.05) is 69.1 Å². The monoisotopic (exact) mass is 1410 g/mol. The van der Waals surface area contributed by atoms with Gasteiger partial charge in [-0.3, -0.25) is 0 Å². The summed E-state index contributed by atoms with van der Waals surface area (Å²) in [5.74, 6) is 5.44. The van der Waals surface area contributed by atoms with Crippen LogP contribution in [0, 0.1) is 0 Å². The zero-order valence-corrected chi connectivity index (χ0v) is 64.5. The summed E-state index contributed by atoms with van der Waals surface area (Å²) in [5.41, 5.74) is 14.2. The van der Waals surface area contributed by atoms with E-state index in [4.69, 9.17) is 48.2 Å². The van der Waals surface area contributed by atoms with E-state index in [2.05, 4.69) is 179 Å². The standard InChI is InChI=1S/C92H126N4O8/c1-7-13-19-34-55-99-75-61-71(62-76(67-75)100-56-35-20-14-8-2)90-83-47-45-81(93-83)89(70-41-43-74(44-42-70)98-54-40-32-30-28-26-25-27-29-31-33-53-97)82-46-48-84(94-82)91(72-63-77(101-57-36-21-15-9-3)68-78(64-72)102-58-37-22-16-10-4)86-50-52-88(96-86)92(87-51-49-85(90)95-87)73-65-79(103-59-38-23-17-11-5)69-80(66-73)104-60-39-24-18-12-6/h41-52,61-69,93,96-97H,7-40,53-60H2,1-6H3. The van der Waals surface area contributed by atoms with Gasteiger partial charge < -0.3 is 48.2 Å². The Kier molecular flexibility index (Phi) is 35.5. The highest BCUT2D eigenvalue weighted by atomic mass is 16.5. The quantitative estimate of drug-likeness (QED) is 0.0315. The van der Waals surface area contributed by atoms with E-state index in [1.807, 2.05) is 0 Å². The normalized spacial score (nSPS) is 11.8. The Morgan fingerprint density at radius 2 is 0.462 bits per heavy atom.